The Morgan fingerprint density at radius 3 is 3.00 bits per heavy atom. The average Bonchev–Trinajstić information content (AvgIpc) is 3.09. The van der Waals surface area contributed by atoms with Crippen molar-refractivity contribution in [3.05, 3.63) is 32.2 Å². The summed E-state index contributed by atoms with van der Waals surface area (Å²) in [7, 11) is 0. The first-order valence-electron chi connectivity index (χ1n) is 7.44. The minimum absolute atomic E-state index is 0.117. The topological polar surface area (TPSA) is 38.2 Å². The van der Waals surface area contributed by atoms with E-state index in [0.717, 1.165) is 49.8 Å². The van der Waals surface area contributed by atoms with Crippen molar-refractivity contribution in [2.24, 2.45) is 0 Å². The van der Waals surface area contributed by atoms with Gasteiger partial charge in [-0.05, 0) is 19.8 Å². The van der Waals surface area contributed by atoms with Crippen LogP contribution in [0.15, 0.2) is 10.8 Å². The zero-order valence-corrected chi connectivity index (χ0v) is 14.2. The molecule has 2 aromatic rings. The Balaban J connectivity index is 1.60. The molecule has 21 heavy (non-hydrogen) atoms. The van der Waals surface area contributed by atoms with Crippen molar-refractivity contribution in [2.45, 2.75) is 39.3 Å². The van der Waals surface area contributed by atoms with Crippen LogP contribution < -0.4 is 0 Å². The van der Waals surface area contributed by atoms with Crippen LogP contribution >= 0.6 is 22.7 Å². The maximum Gasteiger partial charge on any atom is 0.123 e. The molecule has 3 heterocycles. The fourth-order valence-corrected chi connectivity index (χ4v) is 4.22. The summed E-state index contributed by atoms with van der Waals surface area (Å²) in [6, 6.07) is 0. The van der Waals surface area contributed by atoms with Crippen molar-refractivity contribution >= 4 is 22.7 Å². The van der Waals surface area contributed by atoms with Crippen molar-refractivity contribution in [1.29, 1.82) is 0 Å². The zero-order chi connectivity index (χ0) is 14.7. The molecule has 1 fully saturated rings. The number of morpholine rings is 1. The fraction of sp³-hybridized carbons (Fsp3) is 0.600. The van der Waals surface area contributed by atoms with Gasteiger partial charge in [0.2, 0.25) is 0 Å². The zero-order valence-electron chi connectivity index (χ0n) is 12.5. The van der Waals surface area contributed by atoms with Crippen LogP contribution in [0.3, 0.4) is 0 Å². The van der Waals surface area contributed by atoms with Gasteiger partial charge in [-0.15, -0.1) is 22.7 Å². The maximum atomic E-state index is 5.88. The Bertz CT molecular complexity index is 581. The number of hydrogen-bond acceptors (Lipinski definition) is 6. The summed E-state index contributed by atoms with van der Waals surface area (Å²) in [5.41, 5.74) is 2.28. The molecule has 0 saturated carbocycles. The van der Waals surface area contributed by atoms with Gasteiger partial charge >= 0.3 is 0 Å². The highest BCUT2D eigenvalue weighted by Crippen LogP contribution is 2.26. The highest BCUT2D eigenvalue weighted by Gasteiger charge is 2.24. The van der Waals surface area contributed by atoms with E-state index in [1.54, 1.807) is 22.7 Å². The Morgan fingerprint density at radius 1 is 1.33 bits per heavy atom. The number of hydrogen-bond donors (Lipinski definition) is 0. The molecule has 0 amide bonds. The molecule has 1 saturated heterocycles. The average molecular weight is 323 g/mol. The molecule has 0 aliphatic carbocycles. The van der Waals surface area contributed by atoms with Gasteiger partial charge < -0.3 is 4.74 Å². The first kappa shape index (κ1) is 15.1. The Labute approximate surface area is 133 Å². The summed E-state index contributed by atoms with van der Waals surface area (Å²) in [5.74, 6) is 0. The summed E-state index contributed by atoms with van der Waals surface area (Å²) in [6.45, 7) is 7.81. The smallest absolute Gasteiger partial charge is 0.123 e. The molecule has 3 rings (SSSR count). The Hall–Kier alpha value is -0.820. The third kappa shape index (κ3) is 3.88. The fourth-order valence-electron chi connectivity index (χ4n) is 2.49. The van der Waals surface area contributed by atoms with E-state index in [1.807, 2.05) is 6.92 Å². The third-order valence-corrected chi connectivity index (χ3v) is 5.52. The molecule has 0 bridgehead atoms. The van der Waals surface area contributed by atoms with Gasteiger partial charge in [0, 0.05) is 36.1 Å². The van der Waals surface area contributed by atoms with Gasteiger partial charge in [-0.3, -0.25) is 4.90 Å². The van der Waals surface area contributed by atoms with Crippen LogP contribution in [0.25, 0.3) is 0 Å². The maximum absolute atomic E-state index is 5.88. The van der Waals surface area contributed by atoms with Gasteiger partial charge in [0.05, 0.1) is 17.3 Å². The van der Waals surface area contributed by atoms with Gasteiger partial charge in [-0.25, -0.2) is 9.97 Å². The molecule has 0 N–H and O–H groups in total. The lowest BCUT2D eigenvalue weighted by Crippen LogP contribution is -2.37. The number of ether oxygens (including phenoxy) is 1. The molecular formula is C15H21N3OS2. The number of aryl methyl sites for hydroxylation is 2. The van der Waals surface area contributed by atoms with Gasteiger partial charge in [0.25, 0.3) is 0 Å². The van der Waals surface area contributed by atoms with Crippen LogP contribution in [-0.2, 0) is 17.7 Å². The molecule has 1 aliphatic rings. The lowest BCUT2D eigenvalue weighted by Gasteiger charge is -2.31. The predicted molar refractivity (Wildman–Crippen MR) is 86.9 cm³/mol. The number of aromatic nitrogens is 2. The molecule has 6 heteroatoms. The van der Waals surface area contributed by atoms with Crippen LogP contribution in [-0.4, -0.2) is 34.6 Å². The quantitative estimate of drug-likeness (QED) is 0.845. The van der Waals surface area contributed by atoms with Gasteiger partial charge in [-0.2, -0.15) is 0 Å². The van der Waals surface area contributed by atoms with Gasteiger partial charge in [0.15, 0.2) is 0 Å². The lowest BCUT2D eigenvalue weighted by molar-refractivity contribution is -0.0333. The molecule has 2 aromatic heterocycles. The molecule has 4 nitrogen and oxygen atoms in total. The minimum atomic E-state index is 0.117. The summed E-state index contributed by atoms with van der Waals surface area (Å²) in [6.07, 6.45) is 2.37. The number of thiazole rings is 2. The van der Waals surface area contributed by atoms with Crippen molar-refractivity contribution < 1.29 is 4.74 Å². The van der Waals surface area contributed by atoms with E-state index in [0.29, 0.717) is 0 Å². The first-order chi connectivity index (χ1) is 10.2. The highest BCUT2D eigenvalue weighted by molar-refractivity contribution is 7.10. The largest absolute Gasteiger partial charge is 0.368 e. The normalized spacial score (nSPS) is 20.0. The molecular weight excluding hydrogens is 302 g/mol. The van der Waals surface area contributed by atoms with E-state index < -0.39 is 0 Å². The predicted octanol–water partition coefficient (Wildman–Crippen LogP) is 3.43. The SMILES string of the molecule is CCCc1nc(CN2CCO[C@H](c3nc(C)cs3)C2)cs1. The van der Waals surface area contributed by atoms with Crippen molar-refractivity contribution in [3.8, 4) is 0 Å². The van der Waals surface area contributed by atoms with Crippen molar-refractivity contribution in [3.63, 3.8) is 0 Å². The van der Waals surface area contributed by atoms with E-state index in [4.69, 9.17) is 9.72 Å². The first-order valence-corrected chi connectivity index (χ1v) is 9.19. The molecule has 0 radical (unpaired) electrons. The number of nitrogens with zero attached hydrogens (tertiary/aromatic N) is 3. The van der Waals surface area contributed by atoms with Crippen LogP contribution in [0.4, 0.5) is 0 Å². The second-order valence-corrected chi connectivity index (χ2v) is 7.24. The summed E-state index contributed by atoms with van der Waals surface area (Å²) >= 11 is 3.48. The lowest BCUT2D eigenvalue weighted by atomic mass is 10.2. The highest BCUT2D eigenvalue weighted by atomic mass is 32.1. The van der Waals surface area contributed by atoms with E-state index in [9.17, 15) is 0 Å². The van der Waals surface area contributed by atoms with Crippen molar-refractivity contribution in [2.75, 3.05) is 19.7 Å². The summed E-state index contributed by atoms with van der Waals surface area (Å²) < 4.78 is 5.88. The molecule has 1 atom stereocenters. The molecule has 114 valence electrons. The second-order valence-electron chi connectivity index (χ2n) is 5.40. The third-order valence-electron chi connectivity index (χ3n) is 3.51. The van der Waals surface area contributed by atoms with Crippen LogP contribution in [0.5, 0.6) is 0 Å². The van der Waals surface area contributed by atoms with E-state index in [-0.39, 0.29) is 6.10 Å². The summed E-state index contributed by atoms with van der Waals surface area (Å²) in [4.78, 5) is 11.7. The van der Waals surface area contributed by atoms with Gasteiger partial charge in [-0.1, -0.05) is 6.92 Å². The molecule has 1 aliphatic heterocycles. The molecule has 0 spiro atoms. The molecule has 0 aromatic carbocycles. The Kier molecular flexibility index (Phi) is 5.00. The molecule has 0 unspecified atom stereocenters. The second kappa shape index (κ2) is 6.96. The minimum Gasteiger partial charge on any atom is -0.368 e. The van der Waals surface area contributed by atoms with Crippen LogP contribution in [0.1, 0.15) is 40.9 Å². The number of rotatable bonds is 5. The standard InChI is InChI=1S/C15H21N3OS2/c1-3-4-14-17-12(10-20-14)7-18-5-6-19-13(8-18)15-16-11(2)9-21-15/h9-10,13H,3-8H2,1-2H3/t13-/m0/s1. The van der Waals surface area contributed by atoms with E-state index >= 15 is 0 Å². The van der Waals surface area contributed by atoms with Crippen LogP contribution in [0.2, 0.25) is 0 Å². The van der Waals surface area contributed by atoms with E-state index in [1.165, 1.54) is 10.7 Å². The summed E-state index contributed by atoms with van der Waals surface area (Å²) in [5, 5.41) is 6.65. The Morgan fingerprint density at radius 2 is 2.24 bits per heavy atom. The van der Waals surface area contributed by atoms with Crippen molar-refractivity contribution in [1.82, 2.24) is 14.9 Å². The monoisotopic (exact) mass is 323 g/mol. The van der Waals surface area contributed by atoms with Crippen LogP contribution in [0, 0.1) is 6.92 Å². The van der Waals surface area contributed by atoms with Gasteiger partial charge in [0.1, 0.15) is 11.1 Å². The van der Waals surface area contributed by atoms with E-state index in [2.05, 4.69) is 27.6 Å².